The van der Waals surface area contributed by atoms with Crippen LogP contribution in [-0.2, 0) is 22.4 Å². The number of rotatable bonds is 8. The van der Waals surface area contributed by atoms with Gasteiger partial charge in [-0.05, 0) is 41.2 Å². The Kier molecular flexibility index (Phi) is 6.17. The van der Waals surface area contributed by atoms with Crippen molar-refractivity contribution in [2.24, 2.45) is 11.8 Å². The zero-order chi connectivity index (χ0) is 19.9. The SMILES string of the molecule is O=C(O)[C@@H](Cc1ccccc1)[C@H](Cc1ccc(-c2cccnc2)cc1)C(=O)O. The summed E-state index contributed by atoms with van der Waals surface area (Å²) in [4.78, 5) is 27.8. The van der Waals surface area contributed by atoms with Crippen LogP contribution in [-0.4, -0.2) is 27.1 Å². The van der Waals surface area contributed by atoms with E-state index in [4.69, 9.17) is 0 Å². The lowest BCUT2D eigenvalue weighted by molar-refractivity contribution is -0.153. The minimum atomic E-state index is -1.10. The molecule has 0 radical (unpaired) electrons. The maximum absolute atomic E-state index is 11.9. The van der Waals surface area contributed by atoms with E-state index in [-0.39, 0.29) is 12.8 Å². The van der Waals surface area contributed by atoms with Crippen molar-refractivity contribution in [3.8, 4) is 11.1 Å². The Labute approximate surface area is 163 Å². The van der Waals surface area contributed by atoms with Crippen molar-refractivity contribution in [3.05, 3.63) is 90.3 Å². The van der Waals surface area contributed by atoms with Gasteiger partial charge in [-0.1, -0.05) is 60.7 Å². The van der Waals surface area contributed by atoms with Crippen LogP contribution >= 0.6 is 0 Å². The maximum atomic E-state index is 11.9. The summed E-state index contributed by atoms with van der Waals surface area (Å²) >= 11 is 0. The van der Waals surface area contributed by atoms with Crippen LogP contribution in [0.25, 0.3) is 11.1 Å². The number of carboxylic acid groups (broad SMARTS) is 2. The Bertz CT molecular complexity index is 924. The molecule has 0 aliphatic rings. The minimum Gasteiger partial charge on any atom is -0.481 e. The van der Waals surface area contributed by atoms with Crippen LogP contribution < -0.4 is 0 Å². The molecule has 1 heterocycles. The summed E-state index contributed by atoms with van der Waals surface area (Å²) in [6, 6.07) is 20.4. The predicted molar refractivity (Wildman–Crippen MR) is 106 cm³/mol. The van der Waals surface area contributed by atoms with Gasteiger partial charge in [-0.15, -0.1) is 0 Å². The van der Waals surface area contributed by atoms with Crippen LogP contribution in [0.4, 0.5) is 0 Å². The fourth-order valence-corrected chi connectivity index (χ4v) is 3.29. The molecule has 28 heavy (non-hydrogen) atoms. The first-order valence-corrected chi connectivity index (χ1v) is 9.03. The van der Waals surface area contributed by atoms with Gasteiger partial charge < -0.3 is 10.2 Å². The topological polar surface area (TPSA) is 87.5 Å². The van der Waals surface area contributed by atoms with Gasteiger partial charge in [0.25, 0.3) is 0 Å². The molecular formula is C23H21NO4. The second-order valence-electron chi connectivity index (χ2n) is 6.72. The number of carboxylic acids is 2. The molecule has 0 unspecified atom stereocenters. The van der Waals surface area contributed by atoms with Crippen LogP contribution in [0.1, 0.15) is 11.1 Å². The van der Waals surface area contributed by atoms with Crippen molar-refractivity contribution in [3.63, 3.8) is 0 Å². The number of aromatic nitrogens is 1. The highest BCUT2D eigenvalue weighted by Gasteiger charge is 2.33. The van der Waals surface area contributed by atoms with E-state index in [1.807, 2.05) is 66.7 Å². The average Bonchev–Trinajstić information content (AvgIpc) is 2.72. The second kappa shape index (κ2) is 8.95. The number of hydrogen-bond acceptors (Lipinski definition) is 3. The van der Waals surface area contributed by atoms with Gasteiger partial charge in [0.15, 0.2) is 0 Å². The molecule has 2 aromatic carbocycles. The van der Waals surface area contributed by atoms with Gasteiger partial charge in [0, 0.05) is 12.4 Å². The van der Waals surface area contributed by atoms with Gasteiger partial charge in [0.05, 0.1) is 11.8 Å². The van der Waals surface area contributed by atoms with E-state index in [2.05, 4.69) is 4.98 Å². The number of nitrogens with zero attached hydrogens (tertiary/aromatic N) is 1. The Morgan fingerprint density at radius 1 is 0.714 bits per heavy atom. The number of carbonyl (C=O) groups is 2. The number of benzene rings is 2. The van der Waals surface area contributed by atoms with E-state index in [1.54, 1.807) is 12.4 Å². The molecule has 5 heteroatoms. The maximum Gasteiger partial charge on any atom is 0.307 e. The fraction of sp³-hybridized carbons (Fsp3) is 0.174. The van der Waals surface area contributed by atoms with Crippen molar-refractivity contribution in [1.82, 2.24) is 4.98 Å². The number of hydrogen-bond donors (Lipinski definition) is 2. The van der Waals surface area contributed by atoms with E-state index in [9.17, 15) is 19.8 Å². The number of aliphatic carboxylic acids is 2. The first-order valence-electron chi connectivity index (χ1n) is 9.03. The highest BCUT2D eigenvalue weighted by Crippen LogP contribution is 2.25. The molecule has 0 aliphatic heterocycles. The molecule has 0 amide bonds. The monoisotopic (exact) mass is 375 g/mol. The van der Waals surface area contributed by atoms with Gasteiger partial charge >= 0.3 is 11.9 Å². The van der Waals surface area contributed by atoms with Crippen molar-refractivity contribution < 1.29 is 19.8 Å². The summed E-state index contributed by atoms with van der Waals surface area (Å²) in [6.07, 6.45) is 3.80. The highest BCUT2D eigenvalue weighted by atomic mass is 16.4. The molecule has 2 N–H and O–H groups in total. The van der Waals surface area contributed by atoms with E-state index >= 15 is 0 Å². The zero-order valence-corrected chi connectivity index (χ0v) is 15.2. The number of pyridine rings is 1. The van der Waals surface area contributed by atoms with Gasteiger partial charge in [0.1, 0.15) is 0 Å². The van der Waals surface area contributed by atoms with Crippen molar-refractivity contribution >= 4 is 11.9 Å². The molecule has 0 spiro atoms. The van der Waals surface area contributed by atoms with Gasteiger partial charge in [0.2, 0.25) is 0 Å². The van der Waals surface area contributed by atoms with Gasteiger partial charge in [-0.3, -0.25) is 14.6 Å². The van der Waals surface area contributed by atoms with E-state index in [0.717, 1.165) is 22.3 Å². The molecule has 3 aromatic rings. The molecular weight excluding hydrogens is 354 g/mol. The van der Waals surface area contributed by atoms with Crippen LogP contribution in [0, 0.1) is 11.8 Å². The largest absolute Gasteiger partial charge is 0.481 e. The summed E-state index contributed by atoms with van der Waals surface area (Å²) in [5, 5.41) is 19.3. The summed E-state index contributed by atoms with van der Waals surface area (Å²) in [5.74, 6) is -4.21. The third-order valence-electron chi connectivity index (χ3n) is 4.82. The van der Waals surface area contributed by atoms with E-state index in [0.29, 0.717) is 0 Å². The molecule has 5 nitrogen and oxygen atoms in total. The quantitative estimate of drug-likeness (QED) is 0.623. The molecule has 0 saturated heterocycles. The van der Waals surface area contributed by atoms with Crippen LogP contribution in [0.5, 0.6) is 0 Å². The Hall–Kier alpha value is -3.47. The molecule has 1 aromatic heterocycles. The first kappa shape index (κ1) is 19.3. The smallest absolute Gasteiger partial charge is 0.307 e. The summed E-state index contributed by atoms with van der Waals surface area (Å²) in [5.41, 5.74) is 3.55. The van der Waals surface area contributed by atoms with Crippen LogP contribution in [0.3, 0.4) is 0 Å². The van der Waals surface area contributed by atoms with Crippen molar-refractivity contribution in [2.75, 3.05) is 0 Å². The molecule has 0 aliphatic carbocycles. The average molecular weight is 375 g/mol. The molecule has 3 rings (SSSR count). The molecule has 2 atom stereocenters. The predicted octanol–water partition coefficient (Wildman–Crippen LogP) is 3.94. The van der Waals surface area contributed by atoms with Gasteiger partial charge in [-0.2, -0.15) is 0 Å². The van der Waals surface area contributed by atoms with Crippen molar-refractivity contribution in [1.29, 1.82) is 0 Å². The Morgan fingerprint density at radius 2 is 1.29 bits per heavy atom. The molecule has 142 valence electrons. The standard InChI is InChI=1S/C23H21NO4/c25-22(26)20(13-16-5-2-1-3-6-16)21(23(27)28)14-17-8-10-18(11-9-17)19-7-4-12-24-15-19/h1-12,15,20-21H,13-14H2,(H,25,26)(H,27,28)/t20-,21-/m0/s1. The fourth-order valence-electron chi connectivity index (χ4n) is 3.29. The second-order valence-corrected chi connectivity index (χ2v) is 6.72. The summed E-state index contributed by atoms with van der Waals surface area (Å²) < 4.78 is 0. The summed E-state index contributed by atoms with van der Waals surface area (Å²) in [7, 11) is 0. The Morgan fingerprint density at radius 3 is 1.79 bits per heavy atom. The van der Waals surface area contributed by atoms with Gasteiger partial charge in [-0.25, -0.2) is 0 Å². The normalized spacial score (nSPS) is 12.9. The molecule has 0 fully saturated rings. The lowest BCUT2D eigenvalue weighted by atomic mass is 9.82. The highest BCUT2D eigenvalue weighted by molar-refractivity contribution is 5.80. The third kappa shape index (κ3) is 4.82. The van der Waals surface area contributed by atoms with Crippen LogP contribution in [0.2, 0.25) is 0 Å². The lowest BCUT2D eigenvalue weighted by Crippen LogP contribution is -2.33. The minimum absolute atomic E-state index is 0.159. The molecule has 0 bridgehead atoms. The molecule has 0 saturated carbocycles. The van der Waals surface area contributed by atoms with E-state index in [1.165, 1.54) is 0 Å². The lowest BCUT2D eigenvalue weighted by Gasteiger charge is -2.21. The Balaban J connectivity index is 1.79. The van der Waals surface area contributed by atoms with Crippen molar-refractivity contribution in [2.45, 2.75) is 12.8 Å². The van der Waals surface area contributed by atoms with E-state index < -0.39 is 23.8 Å². The first-order chi connectivity index (χ1) is 13.5. The summed E-state index contributed by atoms with van der Waals surface area (Å²) in [6.45, 7) is 0. The van der Waals surface area contributed by atoms with Crippen LogP contribution in [0.15, 0.2) is 79.1 Å². The third-order valence-corrected chi connectivity index (χ3v) is 4.82. The zero-order valence-electron chi connectivity index (χ0n) is 15.2.